The molecule has 4 heteroatoms. The van der Waals surface area contributed by atoms with Gasteiger partial charge in [-0.1, -0.05) is 29.3 Å². The Morgan fingerprint density at radius 2 is 2.11 bits per heavy atom. The van der Waals surface area contributed by atoms with Crippen LogP contribution in [0.25, 0.3) is 0 Å². The first-order chi connectivity index (χ1) is 8.70. The summed E-state index contributed by atoms with van der Waals surface area (Å²) in [4.78, 5) is 12.1. The van der Waals surface area contributed by atoms with Gasteiger partial charge in [0.2, 0.25) is 0 Å². The maximum Gasteiger partial charge on any atom is 0.251 e. The van der Waals surface area contributed by atoms with Crippen molar-refractivity contribution in [2.45, 2.75) is 37.5 Å². The molecule has 0 spiro atoms. The van der Waals surface area contributed by atoms with Crippen molar-refractivity contribution in [2.75, 3.05) is 5.75 Å². The molecule has 1 amide bonds. The Kier molecular flexibility index (Phi) is 5.13. The second kappa shape index (κ2) is 6.62. The Bertz CT molecular complexity index is 407. The van der Waals surface area contributed by atoms with Crippen molar-refractivity contribution in [1.29, 1.82) is 0 Å². The molecule has 1 N–H and O–H groups in total. The van der Waals surface area contributed by atoms with E-state index in [4.69, 9.17) is 0 Å². The molecule has 2 atom stereocenters. The predicted molar refractivity (Wildman–Crippen MR) is 81.2 cm³/mol. The lowest BCUT2D eigenvalue weighted by Crippen LogP contribution is -2.38. The third-order valence-corrected chi connectivity index (χ3v) is 5.11. The van der Waals surface area contributed by atoms with Crippen molar-refractivity contribution in [3.63, 3.8) is 0 Å². The number of amides is 1. The fraction of sp³-hybridized carbons (Fsp3) is 0.500. The largest absolute Gasteiger partial charge is 0.348 e. The van der Waals surface area contributed by atoms with E-state index in [-0.39, 0.29) is 5.91 Å². The highest BCUT2D eigenvalue weighted by atomic mass is 79.9. The van der Waals surface area contributed by atoms with E-state index < -0.39 is 0 Å². The summed E-state index contributed by atoms with van der Waals surface area (Å²) in [5, 5.41) is 3.77. The smallest absolute Gasteiger partial charge is 0.251 e. The van der Waals surface area contributed by atoms with Gasteiger partial charge in [0, 0.05) is 21.3 Å². The first-order valence-electron chi connectivity index (χ1n) is 6.38. The number of hydrogen-bond acceptors (Lipinski definition) is 2. The van der Waals surface area contributed by atoms with Gasteiger partial charge in [-0.25, -0.2) is 0 Å². The third-order valence-electron chi connectivity index (χ3n) is 3.26. The van der Waals surface area contributed by atoms with Crippen LogP contribution in [0, 0.1) is 0 Å². The molecule has 0 aliphatic heterocycles. The molecule has 1 aliphatic carbocycles. The van der Waals surface area contributed by atoms with Gasteiger partial charge in [0.05, 0.1) is 0 Å². The molecule has 0 aromatic heterocycles. The summed E-state index contributed by atoms with van der Waals surface area (Å²) < 4.78 is 0.999. The minimum atomic E-state index is 0.0519. The highest BCUT2D eigenvalue weighted by Gasteiger charge is 2.28. The maximum absolute atomic E-state index is 12.1. The molecule has 98 valence electrons. The van der Waals surface area contributed by atoms with Crippen LogP contribution in [0.1, 0.15) is 36.5 Å². The lowest BCUT2D eigenvalue weighted by molar-refractivity contribution is 0.0938. The average molecular weight is 328 g/mol. The summed E-state index contributed by atoms with van der Waals surface area (Å²) in [7, 11) is 0. The quantitative estimate of drug-likeness (QED) is 0.909. The van der Waals surface area contributed by atoms with Gasteiger partial charge < -0.3 is 5.32 Å². The fourth-order valence-corrected chi connectivity index (χ4v) is 3.82. The fourth-order valence-electron chi connectivity index (χ4n) is 2.36. The Morgan fingerprint density at radius 1 is 1.39 bits per heavy atom. The molecular weight excluding hydrogens is 310 g/mol. The van der Waals surface area contributed by atoms with Crippen LogP contribution in [0.4, 0.5) is 0 Å². The Morgan fingerprint density at radius 3 is 2.78 bits per heavy atom. The number of carbonyl (C=O) groups excluding carboxylic acids is 1. The van der Waals surface area contributed by atoms with Crippen molar-refractivity contribution in [1.82, 2.24) is 5.32 Å². The van der Waals surface area contributed by atoms with Crippen molar-refractivity contribution in [3.8, 4) is 0 Å². The molecule has 1 aromatic rings. The molecular formula is C14H18BrNOS. The second-order valence-corrected chi connectivity index (χ2v) is 6.94. The van der Waals surface area contributed by atoms with Crippen LogP contribution in [-0.4, -0.2) is 23.0 Å². The second-order valence-electron chi connectivity index (χ2n) is 4.51. The SMILES string of the molecule is CCSC1CCCC1NC(=O)c1ccc(Br)cc1. The molecule has 2 rings (SSSR count). The molecule has 0 heterocycles. The topological polar surface area (TPSA) is 29.1 Å². The number of nitrogens with one attached hydrogen (secondary N) is 1. The normalized spacial score (nSPS) is 23.0. The minimum absolute atomic E-state index is 0.0519. The molecule has 1 fully saturated rings. The van der Waals surface area contributed by atoms with E-state index in [1.54, 1.807) is 0 Å². The average Bonchev–Trinajstić information content (AvgIpc) is 2.78. The third kappa shape index (κ3) is 3.51. The van der Waals surface area contributed by atoms with Crippen molar-refractivity contribution in [2.24, 2.45) is 0 Å². The Hall–Kier alpha value is -0.480. The van der Waals surface area contributed by atoms with Crippen LogP contribution in [0.3, 0.4) is 0 Å². The summed E-state index contributed by atoms with van der Waals surface area (Å²) in [6.45, 7) is 2.18. The molecule has 0 radical (unpaired) electrons. The number of benzene rings is 1. The zero-order chi connectivity index (χ0) is 13.0. The summed E-state index contributed by atoms with van der Waals surface area (Å²) in [6, 6.07) is 7.86. The molecule has 0 saturated heterocycles. The predicted octanol–water partition coefficient (Wildman–Crippen LogP) is 3.85. The summed E-state index contributed by atoms with van der Waals surface area (Å²) in [6.07, 6.45) is 3.56. The van der Waals surface area contributed by atoms with Gasteiger partial charge in [-0.3, -0.25) is 4.79 Å². The van der Waals surface area contributed by atoms with E-state index >= 15 is 0 Å². The van der Waals surface area contributed by atoms with Gasteiger partial charge in [0.25, 0.3) is 5.91 Å². The standard InChI is InChI=1S/C14H18BrNOS/c1-2-18-13-5-3-4-12(13)16-14(17)10-6-8-11(15)9-7-10/h6-9,12-13H,2-5H2,1H3,(H,16,17). The van der Waals surface area contributed by atoms with E-state index in [1.807, 2.05) is 36.0 Å². The lowest BCUT2D eigenvalue weighted by Gasteiger charge is -2.20. The van der Waals surface area contributed by atoms with Gasteiger partial charge in [-0.05, 0) is 42.9 Å². The Labute approximate surface area is 121 Å². The number of halogens is 1. The van der Waals surface area contributed by atoms with Crippen LogP contribution in [0.15, 0.2) is 28.7 Å². The zero-order valence-electron chi connectivity index (χ0n) is 10.5. The minimum Gasteiger partial charge on any atom is -0.348 e. The van der Waals surface area contributed by atoms with Crippen LogP contribution >= 0.6 is 27.7 Å². The van der Waals surface area contributed by atoms with Gasteiger partial charge in [-0.15, -0.1) is 0 Å². The highest BCUT2D eigenvalue weighted by molar-refractivity contribution is 9.10. The molecule has 2 nitrogen and oxygen atoms in total. The Balaban J connectivity index is 1.96. The van der Waals surface area contributed by atoms with Gasteiger partial charge >= 0.3 is 0 Å². The van der Waals surface area contributed by atoms with Crippen molar-refractivity contribution < 1.29 is 4.79 Å². The number of carbonyl (C=O) groups is 1. The van der Waals surface area contributed by atoms with E-state index in [2.05, 4.69) is 28.2 Å². The zero-order valence-corrected chi connectivity index (χ0v) is 12.9. The van der Waals surface area contributed by atoms with E-state index in [0.29, 0.717) is 11.3 Å². The highest BCUT2D eigenvalue weighted by Crippen LogP contribution is 2.30. The molecule has 2 unspecified atom stereocenters. The molecule has 1 aliphatic rings. The van der Waals surface area contributed by atoms with E-state index in [1.165, 1.54) is 12.8 Å². The molecule has 0 bridgehead atoms. The van der Waals surface area contributed by atoms with Crippen molar-refractivity contribution >= 4 is 33.6 Å². The lowest BCUT2D eigenvalue weighted by atomic mass is 10.2. The number of thioether (sulfide) groups is 1. The molecule has 1 saturated carbocycles. The molecule has 1 aromatic carbocycles. The van der Waals surface area contributed by atoms with Gasteiger partial charge in [-0.2, -0.15) is 11.8 Å². The van der Waals surface area contributed by atoms with Crippen LogP contribution in [-0.2, 0) is 0 Å². The molecule has 18 heavy (non-hydrogen) atoms. The first-order valence-corrected chi connectivity index (χ1v) is 8.23. The number of hydrogen-bond donors (Lipinski definition) is 1. The van der Waals surface area contributed by atoms with E-state index in [9.17, 15) is 4.79 Å². The first kappa shape index (κ1) is 13.9. The van der Waals surface area contributed by atoms with E-state index in [0.717, 1.165) is 22.2 Å². The van der Waals surface area contributed by atoms with Crippen LogP contribution in [0.2, 0.25) is 0 Å². The monoisotopic (exact) mass is 327 g/mol. The maximum atomic E-state index is 12.1. The van der Waals surface area contributed by atoms with Gasteiger partial charge in [0.15, 0.2) is 0 Å². The number of rotatable bonds is 4. The van der Waals surface area contributed by atoms with Crippen LogP contribution < -0.4 is 5.32 Å². The van der Waals surface area contributed by atoms with Crippen LogP contribution in [0.5, 0.6) is 0 Å². The summed E-state index contributed by atoms with van der Waals surface area (Å²) >= 11 is 5.34. The van der Waals surface area contributed by atoms with Crippen molar-refractivity contribution in [3.05, 3.63) is 34.3 Å². The summed E-state index contributed by atoms with van der Waals surface area (Å²) in [5.74, 6) is 1.17. The summed E-state index contributed by atoms with van der Waals surface area (Å²) in [5.41, 5.74) is 0.741. The van der Waals surface area contributed by atoms with Gasteiger partial charge in [0.1, 0.15) is 0 Å².